The molecule has 0 aliphatic rings. The highest BCUT2D eigenvalue weighted by Gasteiger charge is 2.11. The fourth-order valence-electron chi connectivity index (χ4n) is 2.24. The average molecular weight is 288 g/mol. The van der Waals surface area contributed by atoms with Gasteiger partial charge >= 0.3 is 0 Å². The molecule has 1 aromatic heterocycles. The number of fused-ring (bicyclic) bond motifs is 1. The first-order valence-electron chi connectivity index (χ1n) is 7.51. The second kappa shape index (κ2) is 8.28. The summed E-state index contributed by atoms with van der Waals surface area (Å²) in [7, 11) is 0. The van der Waals surface area contributed by atoms with E-state index in [1.165, 1.54) is 29.5 Å². The largest absolute Gasteiger partial charge is 0.309 e. The zero-order valence-electron chi connectivity index (χ0n) is 12.4. The molecule has 0 saturated carbocycles. The second-order valence-corrected chi connectivity index (χ2v) is 6.19. The highest BCUT2D eigenvalue weighted by atomic mass is 32.2. The molecule has 0 radical (unpaired) electrons. The van der Waals surface area contributed by atoms with Crippen molar-refractivity contribution in [2.24, 2.45) is 0 Å². The molecular weight excluding hydrogens is 264 g/mol. The predicted octanol–water partition coefficient (Wildman–Crippen LogP) is 4.42. The van der Waals surface area contributed by atoms with E-state index in [4.69, 9.17) is 0 Å². The minimum Gasteiger partial charge on any atom is -0.309 e. The van der Waals surface area contributed by atoms with E-state index < -0.39 is 0 Å². The lowest BCUT2D eigenvalue weighted by atomic mass is 10.1. The van der Waals surface area contributed by atoms with Gasteiger partial charge in [0.15, 0.2) is 0 Å². The molecule has 2 rings (SSSR count). The summed E-state index contributed by atoms with van der Waals surface area (Å²) in [5, 5.41) is 4.88. The van der Waals surface area contributed by atoms with Crippen LogP contribution in [0.3, 0.4) is 0 Å². The first-order valence-corrected chi connectivity index (χ1v) is 8.66. The summed E-state index contributed by atoms with van der Waals surface area (Å²) >= 11 is 2.03. The summed E-state index contributed by atoms with van der Waals surface area (Å²) < 4.78 is 0. The Morgan fingerprint density at radius 1 is 1.20 bits per heavy atom. The Morgan fingerprint density at radius 3 is 2.90 bits per heavy atom. The molecule has 1 unspecified atom stereocenters. The van der Waals surface area contributed by atoms with E-state index >= 15 is 0 Å². The standard InChI is InChI=1S/C17H24N2S/c1-3-9-18-17(13-20-11-4-2)15-8-7-14-6-5-10-19-16(14)12-15/h5-8,10,12,17-18H,3-4,9,11,13H2,1-2H3. The lowest BCUT2D eigenvalue weighted by Crippen LogP contribution is -2.24. The van der Waals surface area contributed by atoms with Gasteiger partial charge in [-0.2, -0.15) is 11.8 Å². The molecule has 0 saturated heterocycles. The molecule has 2 aromatic rings. The van der Waals surface area contributed by atoms with Crippen molar-refractivity contribution in [3.05, 3.63) is 42.1 Å². The van der Waals surface area contributed by atoms with Crippen LogP contribution in [-0.2, 0) is 0 Å². The van der Waals surface area contributed by atoms with Gasteiger partial charge in [-0.3, -0.25) is 4.98 Å². The Bertz CT molecular complexity index is 527. The van der Waals surface area contributed by atoms with Gasteiger partial charge in [0.2, 0.25) is 0 Å². The van der Waals surface area contributed by atoms with Crippen molar-refractivity contribution in [1.29, 1.82) is 0 Å². The van der Waals surface area contributed by atoms with E-state index in [1.807, 2.05) is 24.0 Å². The summed E-state index contributed by atoms with van der Waals surface area (Å²) in [6, 6.07) is 11.2. The molecule has 2 nitrogen and oxygen atoms in total. The van der Waals surface area contributed by atoms with Gasteiger partial charge in [0, 0.05) is 23.4 Å². The van der Waals surface area contributed by atoms with Crippen LogP contribution in [0, 0.1) is 0 Å². The third-order valence-corrected chi connectivity index (χ3v) is 4.57. The Hall–Kier alpha value is -1.06. The zero-order chi connectivity index (χ0) is 14.2. The highest BCUT2D eigenvalue weighted by molar-refractivity contribution is 7.99. The summed E-state index contributed by atoms with van der Waals surface area (Å²) in [6.07, 6.45) is 4.28. The maximum absolute atomic E-state index is 4.47. The molecule has 3 heteroatoms. The van der Waals surface area contributed by atoms with Crippen LogP contribution in [0.2, 0.25) is 0 Å². The number of hydrogen-bond donors (Lipinski definition) is 1. The lowest BCUT2D eigenvalue weighted by Gasteiger charge is -2.19. The van der Waals surface area contributed by atoms with Crippen LogP contribution in [0.5, 0.6) is 0 Å². The minimum absolute atomic E-state index is 0.429. The number of nitrogens with zero attached hydrogens (tertiary/aromatic N) is 1. The van der Waals surface area contributed by atoms with E-state index in [2.05, 4.69) is 48.4 Å². The van der Waals surface area contributed by atoms with E-state index in [1.54, 1.807) is 0 Å². The Balaban J connectivity index is 2.15. The summed E-state index contributed by atoms with van der Waals surface area (Å²) in [5.41, 5.74) is 2.45. The maximum Gasteiger partial charge on any atom is 0.0705 e. The molecule has 1 heterocycles. The molecule has 0 aliphatic carbocycles. The Morgan fingerprint density at radius 2 is 2.10 bits per heavy atom. The second-order valence-electron chi connectivity index (χ2n) is 5.04. The van der Waals surface area contributed by atoms with Gasteiger partial charge in [-0.05, 0) is 42.8 Å². The molecule has 20 heavy (non-hydrogen) atoms. The summed E-state index contributed by atoms with van der Waals surface area (Å²) in [5.74, 6) is 2.36. The topological polar surface area (TPSA) is 24.9 Å². The minimum atomic E-state index is 0.429. The van der Waals surface area contributed by atoms with Crippen molar-refractivity contribution in [3.8, 4) is 0 Å². The van der Waals surface area contributed by atoms with Crippen molar-refractivity contribution in [3.63, 3.8) is 0 Å². The number of aromatic nitrogens is 1. The molecule has 0 spiro atoms. The van der Waals surface area contributed by atoms with Crippen LogP contribution < -0.4 is 5.32 Å². The van der Waals surface area contributed by atoms with Gasteiger partial charge < -0.3 is 5.32 Å². The fraction of sp³-hybridized carbons (Fsp3) is 0.471. The molecule has 0 amide bonds. The first kappa shape index (κ1) is 15.3. The van der Waals surface area contributed by atoms with E-state index in [0.29, 0.717) is 6.04 Å². The SMILES string of the molecule is CCCNC(CSCCC)c1ccc2cccnc2c1. The molecule has 0 bridgehead atoms. The zero-order valence-corrected chi connectivity index (χ0v) is 13.2. The van der Waals surface area contributed by atoms with Crippen molar-refractivity contribution in [1.82, 2.24) is 10.3 Å². The van der Waals surface area contributed by atoms with Crippen LogP contribution >= 0.6 is 11.8 Å². The van der Waals surface area contributed by atoms with Gasteiger partial charge in [0.05, 0.1) is 5.52 Å². The molecule has 0 fully saturated rings. The number of rotatable bonds is 8. The molecular formula is C17H24N2S. The third kappa shape index (κ3) is 4.22. The van der Waals surface area contributed by atoms with Crippen molar-refractivity contribution in [2.45, 2.75) is 32.7 Å². The van der Waals surface area contributed by atoms with E-state index in [9.17, 15) is 0 Å². The predicted molar refractivity (Wildman–Crippen MR) is 90.4 cm³/mol. The molecule has 1 atom stereocenters. The Kier molecular flexibility index (Phi) is 6.34. The van der Waals surface area contributed by atoms with Crippen molar-refractivity contribution < 1.29 is 0 Å². The lowest BCUT2D eigenvalue weighted by molar-refractivity contribution is 0.578. The monoisotopic (exact) mass is 288 g/mol. The quantitative estimate of drug-likeness (QED) is 0.728. The van der Waals surface area contributed by atoms with Crippen LogP contribution in [0.1, 0.15) is 38.3 Å². The van der Waals surface area contributed by atoms with E-state index in [0.717, 1.165) is 17.8 Å². The van der Waals surface area contributed by atoms with Gasteiger partial charge in [0.1, 0.15) is 0 Å². The van der Waals surface area contributed by atoms with Gasteiger partial charge in [-0.25, -0.2) is 0 Å². The third-order valence-electron chi connectivity index (χ3n) is 3.31. The molecule has 0 aliphatic heterocycles. The van der Waals surface area contributed by atoms with Crippen LogP contribution in [0.15, 0.2) is 36.5 Å². The number of nitrogens with one attached hydrogen (secondary N) is 1. The summed E-state index contributed by atoms with van der Waals surface area (Å²) in [4.78, 5) is 4.47. The van der Waals surface area contributed by atoms with Gasteiger partial charge in [-0.15, -0.1) is 0 Å². The number of hydrogen-bond acceptors (Lipinski definition) is 3. The number of pyridine rings is 1. The number of thioether (sulfide) groups is 1. The van der Waals surface area contributed by atoms with Crippen LogP contribution in [-0.4, -0.2) is 23.0 Å². The van der Waals surface area contributed by atoms with Crippen LogP contribution in [0.4, 0.5) is 0 Å². The first-order chi connectivity index (χ1) is 9.85. The van der Waals surface area contributed by atoms with Gasteiger partial charge in [0.25, 0.3) is 0 Å². The Labute approximate surface area is 126 Å². The maximum atomic E-state index is 4.47. The molecule has 1 N–H and O–H groups in total. The highest BCUT2D eigenvalue weighted by Crippen LogP contribution is 2.22. The van der Waals surface area contributed by atoms with E-state index in [-0.39, 0.29) is 0 Å². The summed E-state index contributed by atoms with van der Waals surface area (Å²) in [6.45, 7) is 5.52. The normalized spacial score (nSPS) is 12.7. The van der Waals surface area contributed by atoms with Gasteiger partial charge in [-0.1, -0.05) is 32.0 Å². The number of benzene rings is 1. The smallest absolute Gasteiger partial charge is 0.0705 e. The van der Waals surface area contributed by atoms with Crippen molar-refractivity contribution in [2.75, 3.05) is 18.1 Å². The average Bonchev–Trinajstić information content (AvgIpc) is 2.50. The van der Waals surface area contributed by atoms with Crippen molar-refractivity contribution >= 4 is 22.7 Å². The van der Waals surface area contributed by atoms with Crippen LogP contribution in [0.25, 0.3) is 10.9 Å². The molecule has 108 valence electrons. The fourth-order valence-corrected chi connectivity index (χ4v) is 3.24. The molecule has 1 aromatic carbocycles.